The van der Waals surface area contributed by atoms with Gasteiger partial charge in [-0.3, -0.25) is 0 Å². The molecule has 0 spiro atoms. The summed E-state index contributed by atoms with van der Waals surface area (Å²) in [7, 11) is 0. The third kappa shape index (κ3) is 3.13. The van der Waals surface area contributed by atoms with Crippen LogP contribution in [0.15, 0.2) is 42.5 Å². The third-order valence-electron chi connectivity index (χ3n) is 4.72. The number of pyridine rings is 1. The van der Waals surface area contributed by atoms with Gasteiger partial charge in [0, 0.05) is 18.8 Å². The van der Waals surface area contributed by atoms with Crippen molar-refractivity contribution in [2.75, 3.05) is 23.3 Å². The van der Waals surface area contributed by atoms with Crippen LogP contribution in [0.2, 0.25) is 0 Å². The molecule has 0 amide bonds. The van der Waals surface area contributed by atoms with Gasteiger partial charge in [0.2, 0.25) is 5.95 Å². The molecule has 0 atom stereocenters. The Labute approximate surface area is 146 Å². The van der Waals surface area contributed by atoms with Crippen LogP contribution in [0.4, 0.5) is 17.5 Å². The van der Waals surface area contributed by atoms with Gasteiger partial charge in [-0.1, -0.05) is 13.0 Å². The summed E-state index contributed by atoms with van der Waals surface area (Å²) in [4.78, 5) is 6.95. The Kier molecular flexibility index (Phi) is 3.98. The zero-order valence-electron chi connectivity index (χ0n) is 14.2. The van der Waals surface area contributed by atoms with Gasteiger partial charge in [0.05, 0.1) is 11.6 Å². The number of anilines is 3. The van der Waals surface area contributed by atoms with E-state index in [4.69, 9.17) is 5.26 Å². The topological polar surface area (TPSA) is 69.2 Å². The minimum Gasteiger partial charge on any atom is -0.356 e. The van der Waals surface area contributed by atoms with E-state index in [0.29, 0.717) is 11.5 Å². The van der Waals surface area contributed by atoms with Crippen LogP contribution >= 0.6 is 0 Å². The van der Waals surface area contributed by atoms with Crippen molar-refractivity contribution in [3.8, 4) is 6.07 Å². The van der Waals surface area contributed by atoms with Crippen LogP contribution < -0.4 is 10.2 Å². The van der Waals surface area contributed by atoms with E-state index >= 15 is 0 Å². The molecule has 0 aliphatic carbocycles. The highest BCUT2D eigenvalue weighted by Crippen LogP contribution is 2.24. The molecule has 0 saturated carbocycles. The van der Waals surface area contributed by atoms with Gasteiger partial charge >= 0.3 is 0 Å². The zero-order chi connectivity index (χ0) is 17.2. The molecule has 4 rings (SSSR count). The van der Waals surface area contributed by atoms with E-state index in [1.807, 2.05) is 28.8 Å². The molecule has 1 aliphatic rings. The fourth-order valence-electron chi connectivity index (χ4n) is 3.18. The fraction of sp³-hybridized carbons (Fsp3) is 0.316. The predicted molar refractivity (Wildman–Crippen MR) is 98.0 cm³/mol. The van der Waals surface area contributed by atoms with Gasteiger partial charge in [-0.15, -0.1) is 5.10 Å². The highest BCUT2D eigenvalue weighted by atomic mass is 15.4. The number of hydrogen-bond donors (Lipinski definition) is 1. The Morgan fingerprint density at radius 3 is 2.60 bits per heavy atom. The van der Waals surface area contributed by atoms with E-state index in [9.17, 15) is 0 Å². The van der Waals surface area contributed by atoms with Crippen molar-refractivity contribution in [1.82, 2.24) is 14.6 Å². The summed E-state index contributed by atoms with van der Waals surface area (Å²) in [5, 5.41) is 16.7. The Balaban J connectivity index is 1.61. The highest BCUT2D eigenvalue weighted by Gasteiger charge is 2.19. The van der Waals surface area contributed by atoms with Crippen molar-refractivity contribution in [2.24, 2.45) is 5.92 Å². The Morgan fingerprint density at radius 2 is 1.88 bits per heavy atom. The maximum Gasteiger partial charge on any atom is 0.247 e. The molecule has 6 heteroatoms. The third-order valence-corrected chi connectivity index (χ3v) is 4.72. The Bertz CT molecular complexity index is 913. The first-order valence-electron chi connectivity index (χ1n) is 8.61. The fourth-order valence-corrected chi connectivity index (χ4v) is 3.18. The van der Waals surface area contributed by atoms with Crippen LogP contribution in [0.3, 0.4) is 0 Å². The first-order chi connectivity index (χ1) is 12.2. The van der Waals surface area contributed by atoms with Gasteiger partial charge in [-0.2, -0.15) is 14.8 Å². The van der Waals surface area contributed by atoms with Crippen LogP contribution in [0.25, 0.3) is 5.65 Å². The lowest BCUT2D eigenvalue weighted by Crippen LogP contribution is -2.34. The lowest BCUT2D eigenvalue weighted by Gasteiger charge is -2.31. The molecule has 3 aromatic rings. The molecule has 0 bridgehead atoms. The van der Waals surface area contributed by atoms with E-state index in [2.05, 4.69) is 39.4 Å². The van der Waals surface area contributed by atoms with E-state index < -0.39 is 0 Å². The van der Waals surface area contributed by atoms with Gasteiger partial charge < -0.3 is 10.2 Å². The molecule has 126 valence electrons. The summed E-state index contributed by atoms with van der Waals surface area (Å²) >= 11 is 0. The molecular weight excluding hydrogens is 312 g/mol. The number of piperidine rings is 1. The number of rotatable bonds is 3. The van der Waals surface area contributed by atoms with Gasteiger partial charge in [-0.05, 0) is 55.2 Å². The minimum atomic E-state index is 0.558. The molecule has 0 unspecified atom stereocenters. The number of nitrogens with zero attached hydrogens (tertiary/aromatic N) is 5. The first-order valence-corrected chi connectivity index (χ1v) is 8.61. The van der Waals surface area contributed by atoms with Crippen LogP contribution in [0, 0.1) is 17.2 Å². The molecule has 1 aliphatic heterocycles. The summed E-state index contributed by atoms with van der Waals surface area (Å²) < 4.78 is 1.90. The maximum absolute atomic E-state index is 8.88. The van der Waals surface area contributed by atoms with E-state index in [-0.39, 0.29) is 0 Å². The highest BCUT2D eigenvalue weighted by molar-refractivity contribution is 5.59. The lowest BCUT2D eigenvalue weighted by atomic mass is 9.99. The normalized spacial score (nSPS) is 15.3. The lowest BCUT2D eigenvalue weighted by molar-refractivity contribution is 0.435. The van der Waals surface area contributed by atoms with Crippen LogP contribution in [0.5, 0.6) is 0 Å². The number of benzene rings is 1. The Hall–Kier alpha value is -3.07. The molecule has 3 heterocycles. The second-order valence-corrected chi connectivity index (χ2v) is 6.57. The van der Waals surface area contributed by atoms with E-state index in [1.165, 1.54) is 12.8 Å². The number of fused-ring (bicyclic) bond motifs is 1. The quantitative estimate of drug-likeness (QED) is 0.794. The minimum absolute atomic E-state index is 0.558. The van der Waals surface area contributed by atoms with Crippen LogP contribution in [-0.2, 0) is 0 Å². The summed E-state index contributed by atoms with van der Waals surface area (Å²) in [6.45, 7) is 4.42. The molecule has 1 aromatic carbocycles. The van der Waals surface area contributed by atoms with Crippen molar-refractivity contribution in [3.05, 3.63) is 48.0 Å². The van der Waals surface area contributed by atoms with Crippen molar-refractivity contribution in [1.29, 1.82) is 5.26 Å². The predicted octanol–water partition coefficient (Wildman–Crippen LogP) is 3.58. The summed E-state index contributed by atoms with van der Waals surface area (Å²) in [6.07, 6.45) is 2.42. The van der Waals surface area contributed by atoms with Crippen molar-refractivity contribution in [2.45, 2.75) is 19.8 Å². The Morgan fingerprint density at radius 1 is 1.12 bits per heavy atom. The SMILES string of the molecule is CC1CCN(c2cccc3nc(Nc4ccc(C#N)cc4)nn23)CC1. The van der Waals surface area contributed by atoms with Gasteiger partial charge in [0.15, 0.2) is 5.65 Å². The molecule has 25 heavy (non-hydrogen) atoms. The molecule has 1 saturated heterocycles. The standard InChI is InChI=1S/C19H20N6/c1-14-9-11-24(12-10-14)18-4-2-3-17-22-19(23-25(17)18)21-16-7-5-15(13-20)6-8-16/h2-8,14H,9-12H2,1H3,(H,21,23). The van der Waals surface area contributed by atoms with Gasteiger partial charge in [-0.25, -0.2) is 0 Å². The number of hydrogen-bond acceptors (Lipinski definition) is 5. The van der Waals surface area contributed by atoms with Crippen molar-refractivity contribution in [3.63, 3.8) is 0 Å². The van der Waals surface area contributed by atoms with Crippen LogP contribution in [0.1, 0.15) is 25.3 Å². The van der Waals surface area contributed by atoms with Crippen LogP contribution in [-0.4, -0.2) is 27.7 Å². The largest absolute Gasteiger partial charge is 0.356 e. The maximum atomic E-state index is 8.88. The van der Waals surface area contributed by atoms with Crippen molar-refractivity contribution >= 4 is 23.1 Å². The molecule has 1 fully saturated rings. The number of aromatic nitrogens is 3. The van der Waals surface area contributed by atoms with E-state index in [1.54, 1.807) is 12.1 Å². The van der Waals surface area contributed by atoms with Gasteiger partial charge in [0.1, 0.15) is 5.82 Å². The first kappa shape index (κ1) is 15.5. The summed E-state index contributed by atoms with van der Waals surface area (Å²) in [5.41, 5.74) is 2.32. The molecule has 6 nitrogen and oxygen atoms in total. The second-order valence-electron chi connectivity index (χ2n) is 6.57. The smallest absolute Gasteiger partial charge is 0.247 e. The molecule has 1 N–H and O–H groups in total. The molecular formula is C19H20N6. The zero-order valence-corrected chi connectivity index (χ0v) is 14.2. The molecule has 2 aromatic heterocycles. The van der Waals surface area contributed by atoms with E-state index in [0.717, 1.165) is 36.2 Å². The average Bonchev–Trinajstić information content (AvgIpc) is 3.05. The summed E-state index contributed by atoms with van der Waals surface area (Å²) in [6, 6.07) is 15.5. The number of nitriles is 1. The second kappa shape index (κ2) is 6.44. The monoisotopic (exact) mass is 332 g/mol. The number of nitrogens with one attached hydrogen (secondary N) is 1. The molecule has 0 radical (unpaired) electrons. The average molecular weight is 332 g/mol. The van der Waals surface area contributed by atoms with Crippen molar-refractivity contribution < 1.29 is 0 Å². The van der Waals surface area contributed by atoms with Gasteiger partial charge in [0.25, 0.3) is 0 Å². The summed E-state index contributed by atoms with van der Waals surface area (Å²) in [5.74, 6) is 2.44.